The summed E-state index contributed by atoms with van der Waals surface area (Å²) >= 11 is 0. The molecule has 9 heteroatoms. The molecule has 1 aromatic rings. The van der Waals surface area contributed by atoms with Crippen molar-refractivity contribution in [2.45, 2.75) is 31.2 Å². The zero-order valence-electron chi connectivity index (χ0n) is 16.8. The maximum Gasteiger partial charge on any atom is 0.240 e. The molecule has 2 rings (SSSR count). The monoisotopic (exact) mass is 413 g/mol. The minimum absolute atomic E-state index is 0.0296. The number of rotatable bonds is 10. The van der Waals surface area contributed by atoms with Crippen molar-refractivity contribution in [3.05, 3.63) is 24.3 Å². The maximum atomic E-state index is 12.6. The van der Waals surface area contributed by atoms with E-state index in [9.17, 15) is 13.2 Å². The summed E-state index contributed by atoms with van der Waals surface area (Å²) in [6.45, 7) is 8.25. The van der Waals surface area contributed by atoms with Crippen molar-refractivity contribution < 1.29 is 22.7 Å². The quantitative estimate of drug-likeness (QED) is 0.590. The first-order chi connectivity index (χ1) is 13.3. The summed E-state index contributed by atoms with van der Waals surface area (Å²) in [5.41, 5.74) is 0. The van der Waals surface area contributed by atoms with Crippen LogP contribution in [0.15, 0.2) is 29.2 Å². The molecule has 8 nitrogen and oxygen atoms in total. The van der Waals surface area contributed by atoms with E-state index in [4.69, 9.17) is 9.47 Å². The van der Waals surface area contributed by atoms with E-state index in [1.54, 1.807) is 12.1 Å². The molecule has 0 saturated carbocycles. The molecule has 0 spiro atoms. The van der Waals surface area contributed by atoms with Gasteiger partial charge in [0, 0.05) is 38.6 Å². The lowest BCUT2D eigenvalue weighted by molar-refractivity contribution is -0.121. The number of nitrogens with zero attached hydrogens (tertiary/aromatic N) is 1. The van der Waals surface area contributed by atoms with Crippen LogP contribution in [0.1, 0.15) is 20.3 Å². The lowest BCUT2D eigenvalue weighted by Gasteiger charge is -2.26. The van der Waals surface area contributed by atoms with E-state index in [-0.39, 0.29) is 23.1 Å². The summed E-state index contributed by atoms with van der Waals surface area (Å²) in [6.07, 6.45) is 0.0934. The summed E-state index contributed by atoms with van der Waals surface area (Å²) < 4.78 is 38.3. The summed E-state index contributed by atoms with van der Waals surface area (Å²) in [7, 11) is -2.20. The Hall–Kier alpha value is -1.68. The van der Waals surface area contributed by atoms with Crippen LogP contribution in [0, 0.1) is 5.92 Å². The molecule has 1 aliphatic heterocycles. The lowest BCUT2D eigenvalue weighted by atomic mass is 10.0. The van der Waals surface area contributed by atoms with Gasteiger partial charge in [0.1, 0.15) is 5.75 Å². The molecule has 1 saturated heterocycles. The fraction of sp³-hybridized carbons (Fsp3) is 0.632. The second-order valence-corrected chi connectivity index (χ2v) is 8.87. The Bertz CT molecular complexity index is 716. The second kappa shape index (κ2) is 10.8. The van der Waals surface area contributed by atoms with Crippen molar-refractivity contribution in [1.82, 2.24) is 14.9 Å². The van der Waals surface area contributed by atoms with E-state index in [2.05, 4.69) is 14.9 Å². The van der Waals surface area contributed by atoms with Gasteiger partial charge in [-0.2, -0.15) is 0 Å². The molecule has 1 amide bonds. The first kappa shape index (κ1) is 22.6. The molecular weight excluding hydrogens is 382 g/mol. The van der Waals surface area contributed by atoms with Crippen molar-refractivity contribution in [2.75, 3.05) is 46.5 Å². The van der Waals surface area contributed by atoms with Crippen LogP contribution in [-0.2, 0) is 19.6 Å². The van der Waals surface area contributed by atoms with Gasteiger partial charge in [0.15, 0.2) is 0 Å². The van der Waals surface area contributed by atoms with Crippen molar-refractivity contribution in [3.8, 4) is 5.75 Å². The fourth-order valence-corrected chi connectivity index (χ4v) is 4.27. The largest absolute Gasteiger partial charge is 0.497 e. The van der Waals surface area contributed by atoms with Gasteiger partial charge in [-0.1, -0.05) is 13.8 Å². The van der Waals surface area contributed by atoms with Gasteiger partial charge < -0.3 is 14.8 Å². The Morgan fingerprint density at radius 2 is 1.86 bits per heavy atom. The summed E-state index contributed by atoms with van der Waals surface area (Å²) in [5, 5.41) is 2.88. The molecule has 0 aliphatic carbocycles. The number of carbonyl (C=O) groups is 1. The SMILES string of the molecule is COc1ccc(S(=O)(=O)NC(CC(=O)NCCN2CCOCC2)C(C)C)cc1. The third-order valence-electron chi connectivity index (χ3n) is 4.74. The number of methoxy groups -OCH3 is 1. The Kier molecular flexibility index (Phi) is 8.68. The molecular formula is C19H31N3O5S. The first-order valence-electron chi connectivity index (χ1n) is 9.55. The normalized spacial score (nSPS) is 16.7. The molecule has 1 aliphatic rings. The van der Waals surface area contributed by atoms with Crippen molar-refractivity contribution in [3.63, 3.8) is 0 Å². The number of benzene rings is 1. The molecule has 28 heavy (non-hydrogen) atoms. The minimum Gasteiger partial charge on any atom is -0.497 e. The smallest absolute Gasteiger partial charge is 0.240 e. The third kappa shape index (κ3) is 7.05. The van der Waals surface area contributed by atoms with E-state index in [1.165, 1.54) is 19.2 Å². The molecule has 0 radical (unpaired) electrons. The highest BCUT2D eigenvalue weighted by atomic mass is 32.2. The summed E-state index contributed by atoms with van der Waals surface area (Å²) in [4.78, 5) is 14.7. The predicted molar refractivity (Wildman–Crippen MR) is 107 cm³/mol. The van der Waals surface area contributed by atoms with E-state index in [1.807, 2.05) is 13.8 Å². The fourth-order valence-electron chi connectivity index (χ4n) is 2.89. The van der Waals surface area contributed by atoms with E-state index < -0.39 is 16.1 Å². The van der Waals surface area contributed by atoms with Crippen LogP contribution in [0.4, 0.5) is 0 Å². The van der Waals surface area contributed by atoms with Gasteiger partial charge in [-0.3, -0.25) is 9.69 Å². The van der Waals surface area contributed by atoms with Gasteiger partial charge in [-0.15, -0.1) is 0 Å². The zero-order valence-corrected chi connectivity index (χ0v) is 17.6. The highest BCUT2D eigenvalue weighted by Crippen LogP contribution is 2.17. The number of carbonyl (C=O) groups excluding carboxylic acids is 1. The van der Waals surface area contributed by atoms with Crippen LogP contribution in [-0.4, -0.2) is 71.8 Å². The Morgan fingerprint density at radius 3 is 2.43 bits per heavy atom. The van der Waals surface area contributed by atoms with Gasteiger partial charge in [0.2, 0.25) is 15.9 Å². The average molecular weight is 414 g/mol. The molecule has 1 unspecified atom stereocenters. The van der Waals surface area contributed by atoms with E-state index >= 15 is 0 Å². The van der Waals surface area contributed by atoms with Crippen molar-refractivity contribution >= 4 is 15.9 Å². The number of sulfonamides is 1. The number of morpholine rings is 1. The maximum absolute atomic E-state index is 12.6. The van der Waals surface area contributed by atoms with Gasteiger partial charge in [0.05, 0.1) is 25.2 Å². The number of ether oxygens (including phenoxy) is 2. The van der Waals surface area contributed by atoms with E-state index in [0.29, 0.717) is 12.3 Å². The molecule has 0 bridgehead atoms. The van der Waals surface area contributed by atoms with Crippen molar-refractivity contribution in [2.24, 2.45) is 5.92 Å². The third-order valence-corrected chi connectivity index (χ3v) is 6.25. The summed E-state index contributed by atoms with van der Waals surface area (Å²) in [5.74, 6) is 0.390. The molecule has 158 valence electrons. The number of amides is 1. The second-order valence-electron chi connectivity index (χ2n) is 7.16. The molecule has 0 aromatic heterocycles. The van der Waals surface area contributed by atoms with Crippen LogP contribution in [0.3, 0.4) is 0 Å². The summed E-state index contributed by atoms with van der Waals surface area (Å²) in [6, 6.07) is 5.67. The standard InChI is InChI=1S/C19H31N3O5S/c1-15(2)18(14-19(23)20-8-9-22-10-12-27-13-11-22)21-28(24,25)17-6-4-16(26-3)5-7-17/h4-7,15,18,21H,8-14H2,1-3H3,(H,20,23). The number of nitrogens with one attached hydrogen (secondary N) is 2. The lowest BCUT2D eigenvalue weighted by Crippen LogP contribution is -2.44. The van der Waals surface area contributed by atoms with Gasteiger partial charge >= 0.3 is 0 Å². The van der Waals surface area contributed by atoms with Gasteiger partial charge in [-0.25, -0.2) is 13.1 Å². The molecule has 1 heterocycles. The first-order valence-corrected chi connectivity index (χ1v) is 11.0. The highest BCUT2D eigenvalue weighted by Gasteiger charge is 2.25. The number of hydrogen-bond acceptors (Lipinski definition) is 6. The zero-order chi connectivity index (χ0) is 20.6. The average Bonchev–Trinajstić information content (AvgIpc) is 2.68. The molecule has 1 aromatic carbocycles. The minimum atomic E-state index is -3.72. The van der Waals surface area contributed by atoms with E-state index in [0.717, 1.165) is 32.8 Å². The molecule has 2 N–H and O–H groups in total. The Balaban J connectivity index is 1.87. The van der Waals surface area contributed by atoms with Crippen LogP contribution < -0.4 is 14.8 Å². The molecule has 1 atom stereocenters. The topological polar surface area (TPSA) is 97.0 Å². The van der Waals surface area contributed by atoms with Gasteiger partial charge in [0.25, 0.3) is 0 Å². The van der Waals surface area contributed by atoms with Crippen molar-refractivity contribution in [1.29, 1.82) is 0 Å². The Labute approximate surface area is 167 Å². The Morgan fingerprint density at radius 1 is 1.21 bits per heavy atom. The predicted octanol–water partition coefficient (Wildman–Crippen LogP) is 0.837. The van der Waals surface area contributed by atoms with Crippen LogP contribution in [0.25, 0.3) is 0 Å². The molecule has 1 fully saturated rings. The van der Waals surface area contributed by atoms with Crippen LogP contribution in [0.2, 0.25) is 0 Å². The van der Waals surface area contributed by atoms with Gasteiger partial charge in [-0.05, 0) is 30.2 Å². The van der Waals surface area contributed by atoms with Crippen LogP contribution >= 0.6 is 0 Å². The van der Waals surface area contributed by atoms with Crippen LogP contribution in [0.5, 0.6) is 5.75 Å². The highest BCUT2D eigenvalue weighted by molar-refractivity contribution is 7.89. The number of hydrogen-bond donors (Lipinski definition) is 2.